The lowest BCUT2D eigenvalue weighted by Gasteiger charge is -2.16. The van der Waals surface area contributed by atoms with Crippen LogP contribution in [0.3, 0.4) is 0 Å². The number of amides is 1. The van der Waals surface area contributed by atoms with Gasteiger partial charge < -0.3 is 14.5 Å². The maximum atomic E-state index is 12.8. The molecule has 0 aliphatic carbocycles. The minimum absolute atomic E-state index is 0.000516. The predicted molar refractivity (Wildman–Crippen MR) is 99.3 cm³/mol. The minimum Gasteiger partial charge on any atom is -0.497 e. The lowest BCUT2D eigenvalue weighted by atomic mass is 9.98. The van der Waals surface area contributed by atoms with Crippen molar-refractivity contribution in [2.45, 2.75) is 24.9 Å². The molecule has 2 aliphatic heterocycles. The number of hydrogen-bond donors (Lipinski definition) is 0. The van der Waals surface area contributed by atoms with Gasteiger partial charge in [0.25, 0.3) is 5.91 Å². The molecule has 2 unspecified atom stereocenters. The fraction of sp³-hybridized carbons (Fsp3) is 0.333. The van der Waals surface area contributed by atoms with E-state index in [2.05, 4.69) is 17.3 Å². The van der Waals surface area contributed by atoms with Gasteiger partial charge in [-0.25, -0.2) is 0 Å². The van der Waals surface area contributed by atoms with Crippen LogP contribution in [-0.2, 0) is 9.63 Å². The topological polar surface area (TPSA) is 51.1 Å². The van der Waals surface area contributed by atoms with Gasteiger partial charge >= 0.3 is 0 Å². The Morgan fingerprint density at radius 2 is 1.88 bits per heavy atom. The Labute approximate surface area is 153 Å². The molecular weight excluding hydrogens is 328 g/mol. The van der Waals surface area contributed by atoms with Crippen molar-refractivity contribution >= 4 is 11.6 Å². The lowest BCUT2D eigenvalue weighted by molar-refractivity contribution is -0.123. The van der Waals surface area contributed by atoms with Gasteiger partial charge in [0, 0.05) is 25.4 Å². The van der Waals surface area contributed by atoms with Crippen molar-refractivity contribution < 1.29 is 14.4 Å². The van der Waals surface area contributed by atoms with E-state index < -0.39 is 0 Å². The van der Waals surface area contributed by atoms with E-state index in [4.69, 9.17) is 9.57 Å². The fourth-order valence-electron chi connectivity index (χ4n) is 3.63. The van der Waals surface area contributed by atoms with E-state index in [1.165, 1.54) is 5.56 Å². The third-order valence-electron chi connectivity index (χ3n) is 5.15. The van der Waals surface area contributed by atoms with E-state index in [-0.39, 0.29) is 12.0 Å². The summed E-state index contributed by atoms with van der Waals surface area (Å²) in [5, 5.41) is 4.07. The number of methoxy groups -OCH3 is 1. The highest BCUT2D eigenvalue weighted by Gasteiger charge is 2.34. The monoisotopic (exact) mass is 350 g/mol. The largest absolute Gasteiger partial charge is 0.497 e. The van der Waals surface area contributed by atoms with Crippen molar-refractivity contribution in [1.82, 2.24) is 4.90 Å². The summed E-state index contributed by atoms with van der Waals surface area (Å²) < 4.78 is 5.21. The maximum absolute atomic E-state index is 12.8. The molecule has 5 nitrogen and oxygen atoms in total. The number of rotatable bonds is 4. The van der Waals surface area contributed by atoms with Crippen LogP contribution in [0.5, 0.6) is 5.75 Å². The van der Waals surface area contributed by atoms with Gasteiger partial charge in [-0.3, -0.25) is 4.79 Å². The van der Waals surface area contributed by atoms with Crippen LogP contribution in [0.4, 0.5) is 0 Å². The molecule has 26 heavy (non-hydrogen) atoms. The zero-order valence-corrected chi connectivity index (χ0v) is 14.8. The quantitative estimate of drug-likeness (QED) is 0.848. The van der Waals surface area contributed by atoms with Crippen LogP contribution in [0.1, 0.15) is 36.0 Å². The second-order valence-electron chi connectivity index (χ2n) is 6.76. The fourth-order valence-corrected chi connectivity index (χ4v) is 3.63. The van der Waals surface area contributed by atoms with Crippen LogP contribution in [0.25, 0.3) is 0 Å². The van der Waals surface area contributed by atoms with Crippen molar-refractivity contribution in [3.05, 3.63) is 65.7 Å². The Balaban J connectivity index is 1.37. The first-order valence-electron chi connectivity index (χ1n) is 8.95. The van der Waals surface area contributed by atoms with Crippen LogP contribution in [0.2, 0.25) is 0 Å². The van der Waals surface area contributed by atoms with Crippen LogP contribution in [0.15, 0.2) is 59.8 Å². The molecule has 2 aromatic rings. The number of carbonyl (C=O) groups excluding carboxylic acids is 1. The van der Waals surface area contributed by atoms with E-state index >= 15 is 0 Å². The SMILES string of the molecule is COc1ccc(C2CCN(C(=O)C3=NOC(c4ccccc4)C3)C2)cc1. The number of nitrogens with zero attached hydrogens (tertiary/aromatic N) is 2. The number of hydrogen-bond acceptors (Lipinski definition) is 4. The molecule has 0 N–H and O–H groups in total. The molecule has 4 rings (SSSR count). The van der Waals surface area contributed by atoms with Gasteiger partial charge in [-0.1, -0.05) is 47.6 Å². The molecule has 2 atom stereocenters. The number of oxime groups is 1. The highest BCUT2D eigenvalue weighted by Crippen LogP contribution is 2.31. The summed E-state index contributed by atoms with van der Waals surface area (Å²) in [5.41, 5.74) is 2.82. The molecular formula is C21H22N2O3. The highest BCUT2D eigenvalue weighted by atomic mass is 16.6. The van der Waals surface area contributed by atoms with Crippen LogP contribution in [-0.4, -0.2) is 36.7 Å². The molecule has 0 aromatic heterocycles. The third-order valence-corrected chi connectivity index (χ3v) is 5.15. The maximum Gasteiger partial charge on any atom is 0.271 e. The minimum atomic E-state index is -0.157. The summed E-state index contributed by atoms with van der Waals surface area (Å²) in [5.74, 6) is 1.21. The van der Waals surface area contributed by atoms with Crippen LogP contribution in [0, 0.1) is 0 Å². The van der Waals surface area contributed by atoms with Crippen molar-refractivity contribution in [2.75, 3.05) is 20.2 Å². The van der Waals surface area contributed by atoms with Crippen LogP contribution < -0.4 is 4.74 Å². The van der Waals surface area contributed by atoms with Gasteiger partial charge in [0.1, 0.15) is 11.5 Å². The van der Waals surface area contributed by atoms with E-state index in [0.717, 1.165) is 30.8 Å². The standard InChI is InChI=1S/C21H22N2O3/c1-25-18-9-7-15(8-10-18)17-11-12-23(14-17)21(24)19-13-20(26-22-19)16-5-3-2-4-6-16/h2-10,17,20H,11-14H2,1H3. The molecule has 0 radical (unpaired) electrons. The first-order chi connectivity index (χ1) is 12.7. The van der Waals surface area contributed by atoms with Crippen molar-refractivity contribution in [3.8, 4) is 5.75 Å². The predicted octanol–water partition coefficient (Wildman–Crippen LogP) is 3.53. The van der Waals surface area contributed by atoms with E-state index in [0.29, 0.717) is 18.1 Å². The summed E-state index contributed by atoms with van der Waals surface area (Å²) in [7, 11) is 1.66. The molecule has 5 heteroatoms. The summed E-state index contributed by atoms with van der Waals surface area (Å²) in [6, 6.07) is 18.0. The highest BCUT2D eigenvalue weighted by molar-refractivity contribution is 6.39. The molecule has 2 aromatic carbocycles. The van der Waals surface area contributed by atoms with E-state index in [9.17, 15) is 4.79 Å². The Morgan fingerprint density at radius 3 is 2.62 bits per heavy atom. The van der Waals surface area contributed by atoms with Gasteiger partial charge in [-0.2, -0.15) is 0 Å². The normalized spacial score (nSPS) is 22.0. The lowest BCUT2D eigenvalue weighted by Crippen LogP contribution is -2.34. The van der Waals surface area contributed by atoms with Gasteiger partial charge in [0.05, 0.1) is 7.11 Å². The zero-order chi connectivity index (χ0) is 17.9. The Kier molecular flexibility index (Phi) is 4.61. The summed E-state index contributed by atoms with van der Waals surface area (Å²) in [6.45, 7) is 1.48. The Bertz CT molecular complexity index is 802. The van der Waals surface area contributed by atoms with Crippen molar-refractivity contribution in [1.29, 1.82) is 0 Å². The number of carbonyl (C=O) groups is 1. The van der Waals surface area contributed by atoms with Crippen LogP contribution >= 0.6 is 0 Å². The average Bonchev–Trinajstić information content (AvgIpc) is 3.38. The summed E-state index contributed by atoms with van der Waals surface area (Å²) >= 11 is 0. The van der Waals surface area contributed by atoms with Gasteiger partial charge in [0.2, 0.25) is 0 Å². The second-order valence-corrected chi connectivity index (χ2v) is 6.76. The molecule has 1 saturated heterocycles. The molecule has 1 fully saturated rings. The van der Waals surface area contributed by atoms with E-state index in [1.54, 1.807) is 7.11 Å². The van der Waals surface area contributed by atoms with Gasteiger partial charge in [0.15, 0.2) is 6.10 Å². The first kappa shape index (κ1) is 16.6. The Morgan fingerprint density at radius 1 is 1.12 bits per heavy atom. The van der Waals surface area contributed by atoms with Gasteiger partial charge in [-0.15, -0.1) is 0 Å². The smallest absolute Gasteiger partial charge is 0.271 e. The van der Waals surface area contributed by atoms with Crippen molar-refractivity contribution in [3.63, 3.8) is 0 Å². The molecule has 0 bridgehead atoms. The number of ether oxygens (including phenoxy) is 1. The molecule has 0 saturated carbocycles. The molecule has 2 aliphatic rings. The average molecular weight is 350 g/mol. The zero-order valence-electron chi connectivity index (χ0n) is 14.8. The van der Waals surface area contributed by atoms with Crippen molar-refractivity contribution in [2.24, 2.45) is 5.16 Å². The second kappa shape index (κ2) is 7.20. The Hall–Kier alpha value is -2.82. The number of benzene rings is 2. The molecule has 0 spiro atoms. The first-order valence-corrected chi connectivity index (χ1v) is 8.95. The summed E-state index contributed by atoms with van der Waals surface area (Å²) in [4.78, 5) is 20.2. The molecule has 1 amide bonds. The van der Waals surface area contributed by atoms with E-state index in [1.807, 2.05) is 47.4 Å². The molecule has 2 heterocycles. The van der Waals surface area contributed by atoms with Gasteiger partial charge in [-0.05, 0) is 29.7 Å². The third kappa shape index (κ3) is 3.29. The molecule has 134 valence electrons. The summed E-state index contributed by atoms with van der Waals surface area (Å²) in [6.07, 6.45) is 1.34. The number of likely N-dealkylation sites (tertiary alicyclic amines) is 1.